The van der Waals surface area contributed by atoms with Crippen LogP contribution in [0.5, 0.6) is 0 Å². The van der Waals surface area contributed by atoms with E-state index in [1.165, 1.54) is 0 Å². The van der Waals surface area contributed by atoms with Crippen molar-refractivity contribution in [3.63, 3.8) is 0 Å². The molecule has 0 aliphatic heterocycles. The number of carbonyl (C=O) groups is 2. The second kappa shape index (κ2) is 9.45. The number of hydrogen-bond donors (Lipinski definition) is 1. The number of benzene rings is 3. The van der Waals surface area contributed by atoms with Gasteiger partial charge in [-0.05, 0) is 36.4 Å². The predicted octanol–water partition coefficient (Wildman–Crippen LogP) is 4.28. The number of amides is 1. The van der Waals surface area contributed by atoms with Crippen molar-refractivity contribution in [2.45, 2.75) is 0 Å². The summed E-state index contributed by atoms with van der Waals surface area (Å²) in [7, 11) is 0. The van der Waals surface area contributed by atoms with E-state index in [0.29, 0.717) is 6.07 Å². The Morgan fingerprint density at radius 3 is 2.00 bits per heavy atom. The van der Waals surface area contributed by atoms with E-state index in [1.807, 2.05) is 60.7 Å². The maximum Gasteiger partial charge on any atom is 0.326 e. The molecule has 0 aliphatic rings. The molecule has 0 bridgehead atoms. The Hall–Kier alpha value is -3.74. The van der Waals surface area contributed by atoms with E-state index in [1.54, 1.807) is 4.90 Å². The molecular weight excluding hydrogens is 378 g/mol. The zero-order valence-electron chi connectivity index (χ0n) is 15.3. The molecule has 0 saturated heterocycles. The van der Waals surface area contributed by atoms with Crippen molar-refractivity contribution in [1.82, 2.24) is 0 Å². The summed E-state index contributed by atoms with van der Waals surface area (Å²) >= 11 is 0. The molecule has 0 saturated carbocycles. The summed E-state index contributed by atoms with van der Waals surface area (Å²) in [5, 5.41) is 2.24. The number of rotatable bonds is 7. The lowest BCUT2D eigenvalue weighted by atomic mass is 10.2. The average molecular weight is 396 g/mol. The topological polar surface area (TPSA) is 58.6 Å². The lowest BCUT2D eigenvalue weighted by Crippen LogP contribution is -2.29. The van der Waals surface area contributed by atoms with Gasteiger partial charge in [-0.2, -0.15) is 0 Å². The van der Waals surface area contributed by atoms with E-state index < -0.39 is 30.1 Å². The normalized spacial score (nSPS) is 10.3. The minimum Gasteiger partial charge on any atom is -0.454 e. The van der Waals surface area contributed by atoms with Gasteiger partial charge in [-0.15, -0.1) is 0 Å². The van der Waals surface area contributed by atoms with Crippen LogP contribution in [0.15, 0.2) is 78.9 Å². The van der Waals surface area contributed by atoms with Gasteiger partial charge in [0, 0.05) is 17.4 Å². The first-order valence-electron chi connectivity index (χ1n) is 8.81. The van der Waals surface area contributed by atoms with Gasteiger partial charge < -0.3 is 15.0 Å². The number of hydrogen-bond acceptors (Lipinski definition) is 4. The van der Waals surface area contributed by atoms with Gasteiger partial charge >= 0.3 is 5.97 Å². The molecule has 0 fully saturated rings. The van der Waals surface area contributed by atoms with E-state index in [9.17, 15) is 18.4 Å². The number of nitrogens with zero attached hydrogens (tertiary/aromatic N) is 1. The third-order valence-electron chi connectivity index (χ3n) is 3.99. The molecule has 5 nitrogen and oxygen atoms in total. The first-order valence-corrected chi connectivity index (χ1v) is 8.81. The summed E-state index contributed by atoms with van der Waals surface area (Å²) in [5.41, 5.74) is 1.38. The molecule has 0 atom stereocenters. The highest BCUT2D eigenvalue weighted by Crippen LogP contribution is 2.24. The Balaban J connectivity index is 1.61. The number of carbonyl (C=O) groups excluding carboxylic acids is 2. The number of nitrogens with one attached hydrogen (secondary N) is 1. The summed E-state index contributed by atoms with van der Waals surface area (Å²) in [6.07, 6.45) is 0. The minimum atomic E-state index is -0.913. The van der Waals surface area contributed by atoms with Crippen molar-refractivity contribution in [3.8, 4) is 0 Å². The van der Waals surface area contributed by atoms with Gasteiger partial charge in [-0.1, -0.05) is 36.4 Å². The molecule has 0 radical (unpaired) electrons. The third-order valence-corrected chi connectivity index (χ3v) is 3.99. The van der Waals surface area contributed by atoms with Crippen molar-refractivity contribution in [1.29, 1.82) is 0 Å². The lowest BCUT2D eigenvalue weighted by Gasteiger charge is -2.24. The van der Waals surface area contributed by atoms with Crippen LogP contribution in [0, 0.1) is 11.6 Å². The number of halogens is 2. The molecule has 1 amide bonds. The summed E-state index contributed by atoms with van der Waals surface area (Å²) in [4.78, 5) is 26.0. The SMILES string of the molecule is O=C(COC(=O)CN(c1ccccc1)c1ccccc1)Nc1ccc(F)cc1F. The Bertz CT molecular complexity index is 942. The largest absolute Gasteiger partial charge is 0.454 e. The molecule has 3 aromatic rings. The number of esters is 1. The van der Waals surface area contributed by atoms with Crippen LogP contribution in [-0.2, 0) is 14.3 Å². The summed E-state index contributed by atoms with van der Waals surface area (Å²) in [6.45, 7) is -0.709. The Labute approximate surface area is 166 Å². The van der Waals surface area contributed by atoms with E-state index in [-0.39, 0.29) is 12.2 Å². The Kier molecular flexibility index (Phi) is 6.52. The fraction of sp³-hybridized carbons (Fsp3) is 0.0909. The zero-order valence-corrected chi connectivity index (χ0v) is 15.3. The molecule has 148 valence electrons. The van der Waals surface area contributed by atoms with Crippen LogP contribution in [0.25, 0.3) is 0 Å². The van der Waals surface area contributed by atoms with Gasteiger partial charge in [0.2, 0.25) is 0 Å². The van der Waals surface area contributed by atoms with E-state index >= 15 is 0 Å². The molecule has 1 N–H and O–H groups in total. The molecule has 0 aliphatic carbocycles. The fourth-order valence-electron chi connectivity index (χ4n) is 2.65. The first-order chi connectivity index (χ1) is 14.0. The molecule has 0 heterocycles. The second-order valence-electron chi connectivity index (χ2n) is 6.09. The van der Waals surface area contributed by atoms with Crippen molar-refractivity contribution in [2.75, 3.05) is 23.4 Å². The van der Waals surface area contributed by atoms with Crippen LogP contribution in [0.1, 0.15) is 0 Å². The Morgan fingerprint density at radius 2 is 1.45 bits per heavy atom. The average Bonchev–Trinajstić information content (AvgIpc) is 2.74. The van der Waals surface area contributed by atoms with Gasteiger partial charge in [0.05, 0.1) is 5.69 Å². The van der Waals surface area contributed by atoms with Crippen molar-refractivity contribution in [3.05, 3.63) is 90.5 Å². The Morgan fingerprint density at radius 1 is 0.862 bits per heavy atom. The van der Waals surface area contributed by atoms with Crippen molar-refractivity contribution < 1.29 is 23.1 Å². The van der Waals surface area contributed by atoms with Crippen LogP contribution < -0.4 is 10.2 Å². The maximum absolute atomic E-state index is 13.6. The summed E-state index contributed by atoms with van der Waals surface area (Å²) in [6, 6.07) is 21.3. The van der Waals surface area contributed by atoms with Crippen LogP contribution in [0.3, 0.4) is 0 Å². The highest BCUT2D eigenvalue weighted by atomic mass is 19.1. The van der Waals surface area contributed by atoms with E-state index in [4.69, 9.17) is 4.74 Å². The van der Waals surface area contributed by atoms with Crippen LogP contribution in [-0.4, -0.2) is 25.0 Å². The smallest absolute Gasteiger partial charge is 0.326 e. The molecular formula is C22H18F2N2O3. The standard InChI is InChI=1S/C22H18F2N2O3/c23-16-11-12-20(19(24)13-16)25-21(27)15-29-22(28)14-26(17-7-3-1-4-8-17)18-9-5-2-6-10-18/h1-13H,14-15H2,(H,25,27). The third kappa shape index (κ3) is 5.62. The highest BCUT2D eigenvalue weighted by Gasteiger charge is 2.16. The van der Waals surface area contributed by atoms with Crippen LogP contribution >= 0.6 is 0 Å². The van der Waals surface area contributed by atoms with Gasteiger partial charge in [0.15, 0.2) is 6.61 Å². The van der Waals surface area contributed by atoms with Crippen molar-refractivity contribution in [2.24, 2.45) is 0 Å². The molecule has 0 unspecified atom stereocenters. The molecule has 29 heavy (non-hydrogen) atoms. The first kappa shape index (κ1) is 20.0. The van der Waals surface area contributed by atoms with E-state index in [2.05, 4.69) is 5.32 Å². The monoisotopic (exact) mass is 396 g/mol. The molecule has 3 aromatic carbocycles. The number of ether oxygens (including phenoxy) is 1. The van der Waals surface area contributed by atoms with Gasteiger partial charge in [0.1, 0.15) is 18.2 Å². The maximum atomic E-state index is 13.6. The molecule has 0 spiro atoms. The lowest BCUT2D eigenvalue weighted by molar-refractivity contribution is -0.145. The number of anilines is 3. The van der Waals surface area contributed by atoms with Gasteiger partial charge in [-0.25, -0.2) is 8.78 Å². The van der Waals surface area contributed by atoms with Crippen LogP contribution in [0.4, 0.5) is 25.8 Å². The molecule has 7 heteroatoms. The highest BCUT2D eigenvalue weighted by molar-refractivity contribution is 5.93. The van der Waals surface area contributed by atoms with Gasteiger partial charge in [0.25, 0.3) is 5.91 Å². The zero-order chi connectivity index (χ0) is 20.6. The predicted molar refractivity (Wildman–Crippen MR) is 106 cm³/mol. The summed E-state index contributed by atoms with van der Waals surface area (Å²) < 4.78 is 31.5. The minimum absolute atomic E-state index is 0.119. The summed E-state index contributed by atoms with van der Waals surface area (Å²) in [5.74, 6) is -3.03. The molecule has 3 rings (SSSR count). The fourth-order valence-corrected chi connectivity index (χ4v) is 2.65. The number of para-hydroxylation sites is 2. The quantitative estimate of drug-likeness (QED) is 0.606. The van der Waals surface area contributed by atoms with Crippen LogP contribution in [0.2, 0.25) is 0 Å². The molecule has 0 aromatic heterocycles. The van der Waals surface area contributed by atoms with E-state index in [0.717, 1.165) is 23.5 Å². The van der Waals surface area contributed by atoms with Crippen molar-refractivity contribution >= 4 is 28.9 Å². The van der Waals surface area contributed by atoms with Gasteiger partial charge in [-0.3, -0.25) is 9.59 Å². The second-order valence-corrected chi connectivity index (χ2v) is 6.09.